The fraction of sp³-hybridized carbons (Fsp3) is 0.211. The fourth-order valence-corrected chi connectivity index (χ4v) is 3.92. The number of aromatic hydroxyl groups is 1. The summed E-state index contributed by atoms with van der Waals surface area (Å²) in [6, 6.07) is 10.7. The third-order valence-corrected chi connectivity index (χ3v) is 5.12. The van der Waals surface area contributed by atoms with Crippen LogP contribution in [0.2, 0.25) is 5.02 Å². The molecule has 1 aliphatic rings. The van der Waals surface area contributed by atoms with E-state index in [0.717, 1.165) is 35.8 Å². The maximum absolute atomic E-state index is 11.3. The lowest BCUT2D eigenvalue weighted by molar-refractivity contribution is 0.0696. The summed E-state index contributed by atoms with van der Waals surface area (Å²) < 4.78 is 1.82. The first kappa shape index (κ1) is 15.1. The number of carbonyl (C=O) groups is 1. The van der Waals surface area contributed by atoms with E-state index in [0.29, 0.717) is 10.4 Å². The van der Waals surface area contributed by atoms with Gasteiger partial charge >= 0.3 is 5.97 Å². The van der Waals surface area contributed by atoms with Crippen LogP contribution in [0.4, 0.5) is 0 Å². The molecule has 0 bridgehead atoms. The summed E-state index contributed by atoms with van der Waals surface area (Å²) in [6.45, 7) is 0. The van der Waals surface area contributed by atoms with Gasteiger partial charge in [0.15, 0.2) is 0 Å². The lowest BCUT2D eigenvalue weighted by Crippen LogP contribution is -2.17. The van der Waals surface area contributed by atoms with Gasteiger partial charge in [0.05, 0.1) is 22.0 Å². The first-order valence-electron chi connectivity index (χ1n) is 7.90. The normalized spacial score (nSPS) is 17.0. The van der Waals surface area contributed by atoms with Crippen molar-refractivity contribution in [2.45, 2.75) is 25.3 Å². The Morgan fingerprint density at radius 2 is 2.08 bits per heavy atom. The molecule has 1 aromatic heterocycles. The summed E-state index contributed by atoms with van der Waals surface area (Å²) in [5.41, 5.74) is 2.38. The van der Waals surface area contributed by atoms with Crippen LogP contribution < -0.4 is 0 Å². The molecule has 5 heteroatoms. The number of fused-ring (bicyclic) bond motifs is 2. The Bertz CT molecular complexity index is 961. The van der Waals surface area contributed by atoms with Crippen LogP contribution >= 0.6 is 11.6 Å². The zero-order valence-electron chi connectivity index (χ0n) is 12.9. The standard InChI is InChI=1S/C19H16ClNO3/c20-15-5-1-4-13-10-21(18(22)17(13)15)16-6-2-3-11-7-8-12(19(23)24)9-14(11)16/h1,4-5,7-10,16,22H,2-3,6H2,(H,23,24)/t16-/m1/s1. The number of rotatable bonds is 2. The van der Waals surface area contributed by atoms with Crippen molar-refractivity contribution in [2.24, 2.45) is 0 Å². The molecule has 1 aliphatic carbocycles. The molecule has 0 saturated heterocycles. The molecule has 0 fully saturated rings. The van der Waals surface area contributed by atoms with Crippen LogP contribution in [0.25, 0.3) is 10.8 Å². The molecule has 3 aromatic rings. The lowest BCUT2D eigenvalue weighted by atomic mass is 9.86. The molecular formula is C19H16ClNO3. The van der Waals surface area contributed by atoms with E-state index in [-0.39, 0.29) is 17.5 Å². The van der Waals surface area contributed by atoms with Crippen LogP contribution in [0, 0.1) is 0 Å². The van der Waals surface area contributed by atoms with Crippen LogP contribution in [0.5, 0.6) is 5.88 Å². The second kappa shape index (κ2) is 5.56. The van der Waals surface area contributed by atoms with Crippen LogP contribution in [-0.4, -0.2) is 20.7 Å². The number of aryl methyl sites for hydroxylation is 1. The van der Waals surface area contributed by atoms with E-state index in [9.17, 15) is 15.0 Å². The molecule has 0 aliphatic heterocycles. The Labute approximate surface area is 143 Å². The van der Waals surface area contributed by atoms with Crippen LogP contribution in [0.1, 0.15) is 40.4 Å². The second-order valence-corrected chi connectivity index (χ2v) is 6.60. The third kappa shape index (κ3) is 2.26. The van der Waals surface area contributed by atoms with Gasteiger partial charge in [-0.1, -0.05) is 29.8 Å². The van der Waals surface area contributed by atoms with Crippen molar-refractivity contribution in [3.05, 3.63) is 64.3 Å². The van der Waals surface area contributed by atoms with Gasteiger partial charge in [0.1, 0.15) is 0 Å². The van der Waals surface area contributed by atoms with E-state index in [1.165, 1.54) is 0 Å². The number of nitrogens with zero attached hydrogens (tertiary/aromatic N) is 1. The van der Waals surface area contributed by atoms with Crippen molar-refractivity contribution in [3.8, 4) is 5.88 Å². The molecule has 4 rings (SSSR count). The molecule has 2 N–H and O–H groups in total. The molecule has 4 nitrogen and oxygen atoms in total. The maximum atomic E-state index is 11.3. The largest absolute Gasteiger partial charge is 0.494 e. The maximum Gasteiger partial charge on any atom is 0.335 e. The summed E-state index contributed by atoms with van der Waals surface area (Å²) >= 11 is 6.23. The number of halogens is 1. The molecule has 122 valence electrons. The molecule has 0 unspecified atom stereocenters. The Morgan fingerprint density at radius 3 is 2.83 bits per heavy atom. The molecule has 0 spiro atoms. The van der Waals surface area contributed by atoms with Gasteiger partial charge in [-0.2, -0.15) is 0 Å². The number of hydrogen-bond acceptors (Lipinski definition) is 2. The number of aromatic carboxylic acids is 1. The monoisotopic (exact) mass is 341 g/mol. The van der Waals surface area contributed by atoms with Crippen molar-refractivity contribution in [2.75, 3.05) is 0 Å². The van der Waals surface area contributed by atoms with Crippen molar-refractivity contribution in [1.29, 1.82) is 0 Å². The number of carboxylic acids is 1. The molecule has 0 amide bonds. The highest BCUT2D eigenvalue weighted by atomic mass is 35.5. The summed E-state index contributed by atoms with van der Waals surface area (Å²) in [4.78, 5) is 11.3. The summed E-state index contributed by atoms with van der Waals surface area (Å²) in [5, 5.41) is 22.0. The van der Waals surface area contributed by atoms with Gasteiger partial charge in [0.25, 0.3) is 0 Å². The van der Waals surface area contributed by atoms with Crippen LogP contribution in [-0.2, 0) is 6.42 Å². The highest BCUT2D eigenvalue weighted by Gasteiger charge is 2.26. The molecule has 0 saturated carbocycles. The summed E-state index contributed by atoms with van der Waals surface area (Å²) in [7, 11) is 0. The minimum atomic E-state index is -0.938. The van der Waals surface area contributed by atoms with Crippen molar-refractivity contribution in [3.63, 3.8) is 0 Å². The van der Waals surface area contributed by atoms with Gasteiger partial charge in [-0.05, 0) is 48.6 Å². The third-order valence-electron chi connectivity index (χ3n) is 4.80. The predicted octanol–water partition coefficient (Wildman–Crippen LogP) is 4.62. The summed E-state index contributed by atoms with van der Waals surface area (Å²) in [5.74, 6) is -0.804. The van der Waals surface area contributed by atoms with E-state index in [2.05, 4.69) is 0 Å². The smallest absolute Gasteiger partial charge is 0.335 e. The average Bonchev–Trinajstić information content (AvgIpc) is 2.91. The highest BCUT2D eigenvalue weighted by Crippen LogP contribution is 2.41. The molecule has 2 aromatic carbocycles. The van der Waals surface area contributed by atoms with E-state index >= 15 is 0 Å². The Kier molecular flexibility index (Phi) is 3.50. The van der Waals surface area contributed by atoms with Gasteiger partial charge in [-0.3, -0.25) is 0 Å². The zero-order chi connectivity index (χ0) is 16.8. The first-order valence-corrected chi connectivity index (χ1v) is 8.28. The van der Waals surface area contributed by atoms with Crippen LogP contribution in [0.15, 0.2) is 42.6 Å². The molecule has 1 atom stereocenters. The van der Waals surface area contributed by atoms with Crippen molar-refractivity contribution in [1.82, 2.24) is 4.57 Å². The number of carboxylic acid groups (broad SMARTS) is 1. The lowest BCUT2D eigenvalue weighted by Gasteiger charge is -2.27. The minimum Gasteiger partial charge on any atom is -0.494 e. The van der Waals surface area contributed by atoms with Gasteiger partial charge in [0.2, 0.25) is 5.88 Å². The topological polar surface area (TPSA) is 62.5 Å². The number of hydrogen-bond donors (Lipinski definition) is 2. The quantitative estimate of drug-likeness (QED) is 0.714. The van der Waals surface area contributed by atoms with Gasteiger partial charge < -0.3 is 14.8 Å². The first-order chi connectivity index (χ1) is 11.6. The van der Waals surface area contributed by atoms with E-state index < -0.39 is 5.97 Å². The zero-order valence-corrected chi connectivity index (χ0v) is 13.6. The van der Waals surface area contributed by atoms with Gasteiger partial charge in [-0.25, -0.2) is 4.79 Å². The second-order valence-electron chi connectivity index (χ2n) is 6.19. The molecule has 1 heterocycles. The fourth-order valence-electron chi connectivity index (χ4n) is 3.66. The number of aromatic nitrogens is 1. The van der Waals surface area contributed by atoms with Crippen LogP contribution in [0.3, 0.4) is 0 Å². The van der Waals surface area contributed by atoms with Gasteiger partial charge in [-0.15, -0.1) is 0 Å². The Hall–Kier alpha value is -2.46. The summed E-state index contributed by atoms with van der Waals surface area (Å²) in [6.07, 6.45) is 4.66. The Morgan fingerprint density at radius 1 is 1.25 bits per heavy atom. The average molecular weight is 342 g/mol. The Balaban J connectivity index is 1.90. The van der Waals surface area contributed by atoms with E-state index in [1.807, 2.05) is 29.0 Å². The van der Waals surface area contributed by atoms with Crippen molar-refractivity contribution >= 4 is 28.3 Å². The predicted molar refractivity (Wildman–Crippen MR) is 93.1 cm³/mol. The van der Waals surface area contributed by atoms with Crippen molar-refractivity contribution < 1.29 is 15.0 Å². The number of benzene rings is 2. The highest BCUT2D eigenvalue weighted by molar-refractivity contribution is 6.36. The van der Waals surface area contributed by atoms with E-state index in [1.54, 1.807) is 18.2 Å². The van der Waals surface area contributed by atoms with Gasteiger partial charge in [0, 0.05) is 11.6 Å². The molecule has 0 radical (unpaired) electrons. The SMILES string of the molecule is O=C(O)c1ccc2c(c1)[C@H](n1cc3cccc(Cl)c3c1O)CCC2. The molecular weight excluding hydrogens is 326 g/mol. The van der Waals surface area contributed by atoms with E-state index in [4.69, 9.17) is 11.6 Å². The molecule has 24 heavy (non-hydrogen) atoms. The minimum absolute atomic E-state index is 0.0866.